The normalized spacial score (nSPS) is 9.84. The maximum atomic E-state index is 12.2. The van der Waals surface area contributed by atoms with Gasteiger partial charge in [0.2, 0.25) is 0 Å². The minimum absolute atomic E-state index is 0. The Morgan fingerprint density at radius 2 is 1.68 bits per heavy atom. The van der Waals surface area contributed by atoms with Crippen LogP contribution in [0.1, 0.15) is 33.0 Å². The van der Waals surface area contributed by atoms with Crippen LogP contribution < -0.4 is 0 Å². The molecule has 0 saturated heterocycles. The van der Waals surface area contributed by atoms with E-state index in [1.807, 2.05) is 30.3 Å². The number of nitrogens with zero attached hydrogens (tertiary/aromatic N) is 2. The summed E-state index contributed by atoms with van der Waals surface area (Å²) in [6.07, 6.45) is 2.18. The van der Waals surface area contributed by atoms with E-state index in [0.29, 0.717) is 12.8 Å². The van der Waals surface area contributed by atoms with E-state index in [2.05, 4.69) is 14.5 Å². The van der Waals surface area contributed by atoms with Crippen molar-refractivity contribution in [2.75, 3.05) is 14.2 Å². The Kier molecular flexibility index (Phi) is 7.81. The van der Waals surface area contributed by atoms with Crippen molar-refractivity contribution in [3.8, 4) is 0 Å². The van der Waals surface area contributed by atoms with Crippen LogP contribution in [-0.4, -0.2) is 41.5 Å². The van der Waals surface area contributed by atoms with Gasteiger partial charge in [-0.2, -0.15) is 0 Å². The monoisotopic (exact) mass is 366 g/mol. The van der Waals surface area contributed by atoms with Gasteiger partial charge in [0.05, 0.1) is 27.1 Å². The molecule has 8 heteroatoms. The summed E-state index contributed by atoms with van der Waals surface area (Å²) in [5, 5.41) is 0. The molecule has 134 valence electrons. The Labute approximate surface area is 151 Å². The molecule has 0 atom stereocenters. The van der Waals surface area contributed by atoms with Crippen LogP contribution in [0, 0.1) is 0 Å². The quantitative estimate of drug-likeness (QED) is 0.697. The summed E-state index contributed by atoms with van der Waals surface area (Å²) in [5.74, 6) is -1.59. The van der Waals surface area contributed by atoms with Crippen LogP contribution in [0.15, 0.2) is 36.7 Å². The fraction of sp³-hybridized carbons (Fsp3) is 0.294. The topological polar surface area (TPSA) is 87.5 Å². The summed E-state index contributed by atoms with van der Waals surface area (Å²) in [4.78, 5) is 39.6. The van der Waals surface area contributed by atoms with E-state index in [-0.39, 0.29) is 36.1 Å². The average molecular weight is 367 g/mol. The molecule has 1 aromatic carbocycles. The van der Waals surface area contributed by atoms with E-state index >= 15 is 0 Å². The van der Waals surface area contributed by atoms with Crippen molar-refractivity contribution in [3.05, 3.63) is 53.6 Å². The van der Waals surface area contributed by atoms with E-state index in [4.69, 9.17) is 0 Å². The van der Waals surface area contributed by atoms with Crippen LogP contribution in [0.3, 0.4) is 0 Å². The third-order valence-corrected chi connectivity index (χ3v) is 3.48. The molecule has 0 unspecified atom stereocenters. The van der Waals surface area contributed by atoms with E-state index < -0.39 is 11.9 Å². The molecule has 0 radical (unpaired) electrons. The first-order valence-corrected chi connectivity index (χ1v) is 7.34. The molecule has 0 fully saturated rings. The zero-order valence-corrected chi connectivity index (χ0v) is 14.7. The maximum absolute atomic E-state index is 12.2. The number of hydrogen-bond donors (Lipinski definition) is 0. The van der Waals surface area contributed by atoms with Gasteiger partial charge >= 0.3 is 11.9 Å². The number of ketones is 1. The molecule has 2 rings (SSSR count). The summed E-state index contributed by atoms with van der Waals surface area (Å²) < 4.78 is 10.6. The fourth-order valence-corrected chi connectivity index (χ4v) is 2.26. The number of hydrogen-bond acceptors (Lipinski definition) is 6. The molecule has 0 saturated carbocycles. The number of rotatable bonds is 7. The number of halogens is 1. The van der Waals surface area contributed by atoms with Crippen LogP contribution in [0.4, 0.5) is 0 Å². The van der Waals surface area contributed by atoms with Crippen molar-refractivity contribution in [2.24, 2.45) is 0 Å². The zero-order valence-electron chi connectivity index (χ0n) is 13.9. The van der Waals surface area contributed by atoms with Gasteiger partial charge in [-0.3, -0.25) is 4.79 Å². The number of benzene rings is 1. The van der Waals surface area contributed by atoms with Crippen LogP contribution >= 0.6 is 12.4 Å². The van der Waals surface area contributed by atoms with Crippen LogP contribution in [0.5, 0.6) is 0 Å². The summed E-state index contributed by atoms with van der Waals surface area (Å²) in [7, 11) is 2.38. The largest absolute Gasteiger partial charge is 0.464 e. The minimum Gasteiger partial charge on any atom is -0.464 e. The first-order chi connectivity index (χ1) is 11.6. The third-order valence-electron chi connectivity index (χ3n) is 3.48. The Hall–Kier alpha value is -2.67. The molecular weight excluding hydrogens is 348 g/mol. The van der Waals surface area contributed by atoms with Crippen molar-refractivity contribution >= 4 is 30.1 Å². The van der Waals surface area contributed by atoms with Gasteiger partial charge in [-0.1, -0.05) is 30.3 Å². The number of aromatic nitrogens is 2. The van der Waals surface area contributed by atoms with E-state index in [0.717, 1.165) is 5.56 Å². The Morgan fingerprint density at radius 3 is 2.28 bits per heavy atom. The molecule has 0 aliphatic carbocycles. The summed E-state index contributed by atoms with van der Waals surface area (Å²) in [6.45, 7) is -0.0682. The molecule has 0 aliphatic heterocycles. The van der Waals surface area contributed by atoms with E-state index in [1.165, 1.54) is 25.1 Å². The predicted molar refractivity (Wildman–Crippen MR) is 91.9 cm³/mol. The van der Waals surface area contributed by atoms with Gasteiger partial charge in [-0.05, 0) is 12.0 Å². The first-order valence-electron chi connectivity index (χ1n) is 7.34. The zero-order chi connectivity index (χ0) is 17.5. The highest BCUT2D eigenvalue weighted by molar-refractivity contribution is 6.01. The summed E-state index contributed by atoms with van der Waals surface area (Å²) >= 11 is 0. The van der Waals surface area contributed by atoms with Gasteiger partial charge < -0.3 is 14.0 Å². The molecule has 1 aromatic heterocycles. The summed E-state index contributed by atoms with van der Waals surface area (Å²) in [6, 6.07) is 9.62. The Morgan fingerprint density at radius 1 is 1.04 bits per heavy atom. The number of carbonyl (C=O) groups is 3. The number of Topliss-reactive ketones (excluding diaryl/α,β-unsaturated/α-hetero) is 1. The van der Waals surface area contributed by atoms with Crippen LogP contribution in [-0.2, 0) is 27.2 Å². The standard InChI is InChI=1S/C17H18N2O5.ClH/c1-23-16(21)14-15(17(22)24-2)19(11-18-14)10-13(20)9-8-12-6-4-3-5-7-12;/h3-7,11H,8-10H2,1-2H3;1H. The van der Waals surface area contributed by atoms with Crippen molar-refractivity contribution in [3.63, 3.8) is 0 Å². The molecule has 1 heterocycles. The maximum Gasteiger partial charge on any atom is 0.359 e. The van der Waals surface area contributed by atoms with Gasteiger partial charge in [0, 0.05) is 6.42 Å². The average Bonchev–Trinajstić information content (AvgIpc) is 3.03. The van der Waals surface area contributed by atoms with Crippen molar-refractivity contribution in [1.82, 2.24) is 9.55 Å². The molecule has 2 aromatic rings. The highest BCUT2D eigenvalue weighted by atomic mass is 35.5. The summed E-state index contributed by atoms with van der Waals surface area (Å²) in [5.41, 5.74) is 0.803. The van der Waals surface area contributed by atoms with Gasteiger partial charge in [-0.15, -0.1) is 12.4 Å². The molecule has 0 spiro atoms. The number of methoxy groups -OCH3 is 2. The van der Waals surface area contributed by atoms with E-state index in [9.17, 15) is 14.4 Å². The third kappa shape index (κ3) is 5.15. The molecule has 0 N–H and O–H groups in total. The van der Waals surface area contributed by atoms with Gasteiger partial charge in [0.15, 0.2) is 17.2 Å². The Bertz CT molecular complexity index is 743. The fourth-order valence-electron chi connectivity index (χ4n) is 2.26. The van der Waals surface area contributed by atoms with Gasteiger partial charge in [0.25, 0.3) is 0 Å². The lowest BCUT2D eigenvalue weighted by Gasteiger charge is -2.07. The second-order valence-electron chi connectivity index (χ2n) is 5.08. The van der Waals surface area contributed by atoms with Crippen molar-refractivity contribution < 1.29 is 23.9 Å². The highest BCUT2D eigenvalue weighted by Crippen LogP contribution is 2.12. The van der Waals surface area contributed by atoms with Gasteiger partial charge in [0.1, 0.15) is 0 Å². The van der Waals surface area contributed by atoms with Crippen LogP contribution in [0.25, 0.3) is 0 Å². The predicted octanol–water partition coefficient (Wildman–Crippen LogP) is 2.08. The number of esters is 2. The number of imidazole rings is 1. The SMILES string of the molecule is COC(=O)c1ncn(CC(=O)CCc2ccccc2)c1C(=O)OC.Cl. The highest BCUT2D eigenvalue weighted by Gasteiger charge is 2.25. The van der Waals surface area contributed by atoms with Crippen molar-refractivity contribution in [2.45, 2.75) is 19.4 Å². The lowest BCUT2D eigenvalue weighted by molar-refractivity contribution is -0.119. The molecule has 7 nitrogen and oxygen atoms in total. The Balaban J connectivity index is 0.00000312. The molecular formula is C17H19ClN2O5. The molecule has 0 aliphatic rings. The molecule has 0 amide bonds. The number of carbonyl (C=O) groups excluding carboxylic acids is 3. The second kappa shape index (κ2) is 9.58. The van der Waals surface area contributed by atoms with E-state index in [1.54, 1.807) is 0 Å². The lowest BCUT2D eigenvalue weighted by Crippen LogP contribution is -2.19. The first kappa shape index (κ1) is 20.4. The molecule has 25 heavy (non-hydrogen) atoms. The van der Waals surface area contributed by atoms with Crippen LogP contribution in [0.2, 0.25) is 0 Å². The molecule has 0 bridgehead atoms. The lowest BCUT2D eigenvalue weighted by atomic mass is 10.1. The minimum atomic E-state index is -0.758. The second-order valence-corrected chi connectivity index (χ2v) is 5.08. The number of ether oxygens (including phenoxy) is 2. The van der Waals surface area contributed by atoms with Gasteiger partial charge in [-0.25, -0.2) is 14.6 Å². The smallest absolute Gasteiger partial charge is 0.359 e. The number of aryl methyl sites for hydroxylation is 1. The van der Waals surface area contributed by atoms with Crippen molar-refractivity contribution in [1.29, 1.82) is 0 Å².